The van der Waals surface area contributed by atoms with Gasteiger partial charge in [-0.25, -0.2) is 4.79 Å². The number of methoxy groups -OCH3 is 1. The average Bonchev–Trinajstić information content (AvgIpc) is 2.96. The van der Waals surface area contributed by atoms with E-state index in [9.17, 15) is 9.59 Å². The Hall–Kier alpha value is -3.08. The Kier molecular flexibility index (Phi) is 5.31. The first kappa shape index (κ1) is 18.7. The Morgan fingerprint density at radius 1 is 1.07 bits per heavy atom. The maximum absolute atomic E-state index is 12.6. The molecule has 0 aromatic heterocycles. The number of hydrogen-bond acceptors (Lipinski definition) is 5. The molecular formula is C22H22O5. The Morgan fingerprint density at radius 3 is 2.41 bits per heavy atom. The van der Waals surface area contributed by atoms with Crippen LogP contribution in [0.25, 0.3) is 6.08 Å². The molecule has 1 heterocycles. The van der Waals surface area contributed by atoms with E-state index in [-0.39, 0.29) is 11.5 Å². The van der Waals surface area contributed by atoms with Gasteiger partial charge in [0.1, 0.15) is 11.5 Å². The number of rotatable bonds is 5. The minimum Gasteiger partial charge on any atom is -0.479 e. The van der Waals surface area contributed by atoms with Crippen LogP contribution in [0.15, 0.2) is 48.2 Å². The number of ketones is 1. The van der Waals surface area contributed by atoms with Gasteiger partial charge in [0.25, 0.3) is 0 Å². The van der Waals surface area contributed by atoms with Gasteiger partial charge < -0.3 is 14.2 Å². The predicted octanol–water partition coefficient (Wildman–Crippen LogP) is 4.37. The number of carbonyl (C=O) groups excluding carboxylic acids is 2. The van der Waals surface area contributed by atoms with E-state index in [0.29, 0.717) is 23.0 Å². The lowest BCUT2D eigenvalue weighted by atomic mass is 10.0. The van der Waals surface area contributed by atoms with E-state index in [1.165, 1.54) is 12.7 Å². The molecule has 1 aliphatic rings. The van der Waals surface area contributed by atoms with Gasteiger partial charge in [0, 0.05) is 6.07 Å². The van der Waals surface area contributed by atoms with Crippen molar-refractivity contribution in [2.75, 3.05) is 7.11 Å². The number of benzene rings is 2. The molecule has 0 saturated carbocycles. The fraction of sp³-hybridized carbons (Fsp3) is 0.273. The lowest BCUT2D eigenvalue weighted by Crippen LogP contribution is -2.24. The second-order valence-corrected chi connectivity index (χ2v) is 6.70. The number of hydrogen-bond donors (Lipinski definition) is 0. The summed E-state index contributed by atoms with van der Waals surface area (Å²) >= 11 is 0. The highest BCUT2D eigenvalue weighted by molar-refractivity contribution is 6.14. The number of esters is 1. The van der Waals surface area contributed by atoms with Crippen molar-refractivity contribution in [1.29, 1.82) is 0 Å². The number of Topliss-reactive ketones (excluding diaryl/α,β-unsaturated/α-hetero) is 1. The van der Waals surface area contributed by atoms with E-state index in [0.717, 1.165) is 5.56 Å². The van der Waals surface area contributed by atoms with E-state index >= 15 is 0 Å². The SMILES string of the molecule is COC(=O)C(C)Oc1ccc2c(c1)O/C(=C\c1ccc(C(C)C)cc1)C2=O. The third kappa shape index (κ3) is 4.03. The first-order chi connectivity index (χ1) is 12.9. The smallest absolute Gasteiger partial charge is 0.346 e. The second kappa shape index (κ2) is 7.66. The highest BCUT2D eigenvalue weighted by Crippen LogP contribution is 2.35. The van der Waals surface area contributed by atoms with Crippen molar-refractivity contribution in [2.24, 2.45) is 0 Å². The molecule has 0 spiro atoms. The molecule has 3 rings (SSSR count). The third-order valence-corrected chi connectivity index (χ3v) is 4.39. The summed E-state index contributed by atoms with van der Waals surface area (Å²) < 4.78 is 15.9. The van der Waals surface area contributed by atoms with Crippen LogP contribution < -0.4 is 9.47 Å². The second-order valence-electron chi connectivity index (χ2n) is 6.70. The molecule has 1 aliphatic heterocycles. The molecule has 2 aromatic rings. The molecule has 0 saturated heterocycles. The standard InChI is InChI=1S/C22H22O5/c1-13(2)16-7-5-15(6-8-16)11-20-21(23)18-10-9-17(12-19(18)27-20)26-14(3)22(24)25-4/h5-14H,1-4H3/b20-11-. The van der Waals surface area contributed by atoms with Crippen LogP contribution in [0.4, 0.5) is 0 Å². The van der Waals surface area contributed by atoms with E-state index in [1.807, 2.05) is 24.3 Å². The average molecular weight is 366 g/mol. The normalized spacial score (nSPS) is 15.4. The minimum absolute atomic E-state index is 0.175. The highest BCUT2D eigenvalue weighted by atomic mass is 16.6. The zero-order valence-electron chi connectivity index (χ0n) is 15.8. The van der Waals surface area contributed by atoms with E-state index in [4.69, 9.17) is 9.47 Å². The predicted molar refractivity (Wildman–Crippen MR) is 102 cm³/mol. The van der Waals surface area contributed by atoms with Crippen molar-refractivity contribution in [3.8, 4) is 11.5 Å². The summed E-state index contributed by atoms with van der Waals surface area (Å²) in [6.45, 7) is 5.86. The summed E-state index contributed by atoms with van der Waals surface area (Å²) in [5, 5.41) is 0. The molecule has 0 amide bonds. The maximum atomic E-state index is 12.6. The van der Waals surface area contributed by atoms with Crippen molar-refractivity contribution in [3.05, 3.63) is 64.9 Å². The van der Waals surface area contributed by atoms with Gasteiger partial charge in [-0.05, 0) is 42.2 Å². The van der Waals surface area contributed by atoms with Gasteiger partial charge in [-0.3, -0.25) is 4.79 Å². The summed E-state index contributed by atoms with van der Waals surface area (Å²) in [4.78, 5) is 24.0. The van der Waals surface area contributed by atoms with E-state index in [2.05, 4.69) is 18.6 Å². The van der Waals surface area contributed by atoms with Crippen molar-refractivity contribution < 1.29 is 23.8 Å². The zero-order chi connectivity index (χ0) is 19.6. The summed E-state index contributed by atoms with van der Waals surface area (Å²) in [6.07, 6.45) is 0.976. The molecule has 0 radical (unpaired) electrons. The fourth-order valence-corrected chi connectivity index (χ4v) is 2.79. The molecule has 2 aromatic carbocycles. The number of allylic oxidation sites excluding steroid dienone is 1. The number of fused-ring (bicyclic) bond motifs is 1. The van der Waals surface area contributed by atoms with Gasteiger partial charge in [0.05, 0.1) is 12.7 Å². The molecule has 5 nitrogen and oxygen atoms in total. The molecule has 0 N–H and O–H groups in total. The molecular weight excluding hydrogens is 344 g/mol. The van der Waals surface area contributed by atoms with Crippen LogP contribution in [0.5, 0.6) is 11.5 Å². The van der Waals surface area contributed by atoms with Crippen molar-refractivity contribution >= 4 is 17.8 Å². The van der Waals surface area contributed by atoms with Crippen molar-refractivity contribution in [3.63, 3.8) is 0 Å². The van der Waals surface area contributed by atoms with Crippen LogP contribution in [0.2, 0.25) is 0 Å². The molecule has 1 unspecified atom stereocenters. The number of carbonyl (C=O) groups is 2. The molecule has 27 heavy (non-hydrogen) atoms. The van der Waals surface area contributed by atoms with Crippen LogP contribution in [0.3, 0.4) is 0 Å². The first-order valence-corrected chi connectivity index (χ1v) is 8.81. The lowest BCUT2D eigenvalue weighted by Gasteiger charge is -2.12. The molecule has 5 heteroatoms. The molecule has 0 bridgehead atoms. The van der Waals surface area contributed by atoms with Gasteiger partial charge in [-0.15, -0.1) is 0 Å². The van der Waals surface area contributed by atoms with Crippen LogP contribution in [-0.2, 0) is 9.53 Å². The van der Waals surface area contributed by atoms with E-state index in [1.54, 1.807) is 31.2 Å². The van der Waals surface area contributed by atoms with Gasteiger partial charge in [0.2, 0.25) is 5.78 Å². The Morgan fingerprint density at radius 2 is 1.78 bits per heavy atom. The van der Waals surface area contributed by atoms with Gasteiger partial charge in [0.15, 0.2) is 11.9 Å². The van der Waals surface area contributed by atoms with E-state index < -0.39 is 12.1 Å². The largest absolute Gasteiger partial charge is 0.479 e. The summed E-state index contributed by atoms with van der Waals surface area (Å²) in [5.41, 5.74) is 2.60. The monoisotopic (exact) mass is 366 g/mol. The summed E-state index contributed by atoms with van der Waals surface area (Å²) in [5.74, 6) is 0.914. The molecule has 1 atom stereocenters. The zero-order valence-corrected chi connectivity index (χ0v) is 15.8. The highest BCUT2D eigenvalue weighted by Gasteiger charge is 2.28. The van der Waals surface area contributed by atoms with Gasteiger partial charge in [-0.2, -0.15) is 0 Å². The first-order valence-electron chi connectivity index (χ1n) is 8.81. The topological polar surface area (TPSA) is 61.8 Å². The molecule has 0 fully saturated rings. The Bertz CT molecular complexity index is 893. The van der Waals surface area contributed by atoms with Crippen LogP contribution >= 0.6 is 0 Å². The lowest BCUT2D eigenvalue weighted by molar-refractivity contribution is -0.147. The molecule has 0 aliphatic carbocycles. The van der Waals surface area contributed by atoms with Crippen LogP contribution in [0, 0.1) is 0 Å². The Balaban J connectivity index is 1.79. The fourth-order valence-electron chi connectivity index (χ4n) is 2.79. The van der Waals surface area contributed by atoms with Gasteiger partial charge >= 0.3 is 5.97 Å². The van der Waals surface area contributed by atoms with Gasteiger partial charge in [-0.1, -0.05) is 38.1 Å². The van der Waals surface area contributed by atoms with Crippen LogP contribution in [0.1, 0.15) is 48.2 Å². The summed E-state index contributed by atoms with van der Waals surface area (Å²) in [7, 11) is 1.30. The maximum Gasteiger partial charge on any atom is 0.346 e. The Labute approximate surface area is 158 Å². The quantitative estimate of drug-likeness (QED) is 0.581. The minimum atomic E-state index is -0.750. The van der Waals surface area contributed by atoms with Crippen molar-refractivity contribution in [1.82, 2.24) is 0 Å². The molecule has 140 valence electrons. The third-order valence-electron chi connectivity index (χ3n) is 4.39. The van der Waals surface area contributed by atoms with Crippen LogP contribution in [-0.4, -0.2) is 25.0 Å². The summed E-state index contributed by atoms with van der Waals surface area (Å²) in [6, 6.07) is 12.9. The number of ether oxygens (including phenoxy) is 3. The van der Waals surface area contributed by atoms with Crippen molar-refractivity contribution in [2.45, 2.75) is 32.8 Å².